The van der Waals surface area contributed by atoms with E-state index in [-0.39, 0.29) is 0 Å². The van der Waals surface area contributed by atoms with Crippen molar-refractivity contribution in [1.29, 1.82) is 0 Å². The standard InChI is InChI=1S/C11H8N6/c1-2-4-9(11-14-16-17-15-11)8(3-1)10-5-6-12-7-13-10/h1-7H,(H,14,15,16,17). The molecule has 17 heavy (non-hydrogen) atoms. The Hall–Kier alpha value is -2.63. The van der Waals surface area contributed by atoms with E-state index in [1.54, 1.807) is 6.20 Å². The number of benzene rings is 1. The summed E-state index contributed by atoms with van der Waals surface area (Å²) in [5.41, 5.74) is 2.68. The second kappa shape index (κ2) is 4.09. The normalized spacial score (nSPS) is 10.4. The fourth-order valence-corrected chi connectivity index (χ4v) is 1.63. The van der Waals surface area contributed by atoms with Crippen molar-refractivity contribution in [2.75, 3.05) is 0 Å². The van der Waals surface area contributed by atoms with Crippen molar-refractivity contribution in [2.24, 2.45) is 0 Å². The Kier molecular flexibility index (Phi) is 2.31. The molecule has 0 aliphatic rings. The molecule has 0 aliphatic heterocycles. The molecular formula is C11H8N6. The molecule has 2 aromatic heterocycles. The first-order valence-corrected chi connectivity index (χ1v) is 5.04. The van der Waals surface area contributed by atoms with Gasteiger partial charge in [0.25, 0.3) is 0 Å². The first kappa shape index (κ1) is 9.59. The summed E-state index contributed by atoms with van der Waals surface area (Å²) >= 11 is 0. The lowest BCUT2D eigenvalue weighted by atomic mass is 10.0. The average molecular weight is 224 g/mol. The fourth-order valence-electron chi connectivity index (χ4n) is 1.63. The molecule has 0 saturated heterocycles. The number of aromatic nitrogens is 6. The average Bonchev–Trinajstić information content (AvgIpc) is 2.94. The van der Waals surface area contributed by atoms with Crippen LogP contribution in [0.3, 0.4) is 0 Å². The molecule has 0 spiro atoms. The highest BCUT2D eigenvalue weighted by atomic mass is 15.5. The van der Waals surface area contributed by atoms with E-state index in [4.69, 9.17) is 0 Å². The minimum atomic E-state index is 0.555. The van der Waals surface area contributed by atoms with Gasteiger partial charge in [0.15, 0.2) is 0 Å². The van der Waals surface area contributed by atoms with Crippen LogP contribution in [0.4, 0.5) is 0 Å². The molecule has 82 valence electrons. The molecule has 0 saturated carbocycles. The van der Waals surface area contributed by atoms with E-state index in [1.165, 1.54) is 6.33 Å². The van der Waals surface area contributed by atoms with Crippen molar-refractivity contribution in [1.82, 2.24) is 30.6 Å². The summed E-state index contributed by atoms with van der Waals surface area (Å²) in [4.78, 5) is 8.12. The molecular weight excluding hydrogens is 216 g/mol. The molecule has 0 fully saturated rings. The number of tetrazole rings is 1. The van der Waals surface area contributed by atoms with Crippen molar-refractivity contribution >= 4 is 0 Å². The van der Waals surface area contributed by atoms with Gasteiger partial charge in [-0.25, -0.2) is 9.97 Å². The first-order valence-electron chi connectivity index (χ1n) is 5.04. The van der Waals surface area contributed by atoms with Crippen LogP contribution >= 0.6 is 0 Å². The minimum absolute atomic E-state index is 0.555. The van der Waals surface area contributed by atoms with Gasteiger partial charge in [-0.2, -0.15) is 5.21 Å². The highest BCUT2D eigenvalue weighted by Gasteiger charge is 2.10. The Bertz CT molecular complexity index is 605. The Labute approximate surface area is 96.8 Å². The van der Waals surface area contributed by atoms with Gasteiger partial charge < -0.3 is 0 Å². The summed E-state index contributed by atoms with van der Waals surface area (Å²) in [6.07, 6.45) is 3.22. The lowest BCUT2D eigenvalue weighted by molar-refractivity contribution is 0.881. The second-order valence-corrected chi connectivity index (χ2v) is 3.38. The van der Waals surface area contributed by atoms with E-state index >= 15 is 0 Å². The maximum Gasteiger partial charge on any atom is 0.205 e. The topological polar surface area (TPSA) is 80.2 Å². The summed E-state index contributed by atoms with van der Waals surface area (Å²) in [5.74, 6) is 0.555. The van der Waals surface area contributed by atoms with Gasteiger partial charge in [-0.3, -0.25) is 0 Å². The number of nitrogens with zero attached hydrogens (tertiary/aromatic N) is 5. The van der Waals surface area contributed by atoms with Crippen LogP contribution < -0.4 is 0 Å². The predicted molar refractivity (Wildman–Crippen MR) is 60.6 cm³/mol. The lowest BCUT2D eigenvalue weighted by Crippen LogP contribution is -1.89. The summed E-state index contributed by atoms with van der Waals surface area (Å²) in [6, 6.07) is 9.62. The van der Waals surface area contributed by atoms with Gasteiger partial charge in [0, 0.05) is 17.3 Å². The zero-order valence-electron chi connectivity index (χ0n) is 8.78. The van der Waals surface area contributed by atoms with Gasteiger partial charge in [-0.05, 0) is 11.3 Å². The second-order valence-electron chi connectivity index (χ2n) is 3.38. The van der Waals surface area contributed by atoms with E-state index < -0.39 is 0 Å². The molecule has 1 aromatic carbocycles. The Morgan fingerprint density at radius 1 is 1.00 bits per heavy atom. The maximum atomic E-state index is 4.22. The Morgan fingerprint density at radius 3 is 2.59 bits per heavy atom. The number of rotatable bonds is 2. The van der Waals surface area contributed by atoms with Crippen LogP contribution in [0.25, 0.3) is 22.6 Å². The van der Waals surface area contributed by atoms with Crippen LogP contribution in [0.1, 0.15) is 0 Å². The van der Waals surface area contributed by atoms with Crippen LogP contribution in [0.15, 0.2) is 42.9 Å². The predicted octanol–water partition coefficient (Wildman–Crippen LogP) is 1.32. The van der Waals surface area contributed by atoms with Crippen LogP contribution in [0.5, 0.6) is 0 Å². The number of aromatic amines is 1. The SMILES string of the molecule is c1ccc(-c2nn[nH]n2)c(-c2ccncn2)c1. The molecule has 6 nitrogen and oxygen atoms in total. The third-order valence-corrected chi connectivity index (χ3v) is 2.37. The lowest BCUT2D eigenvalue weighted by Gasteiger charge is -2.04. The van der Waals surface area contributed by atoms with Crippen molar-refractivity contribution in [3.05, 3.63) is 42.9 Å². The van der Waals surface area contributed by atoms with Crippen LogP contribution in [0.2, 0.25) is 0 Å². The number of hydrogen-bond donors (Lipinski definition) is 1. The molecule has 3 rings (SSSR count). The van der Waals surface area contributed by atoms with Gasteiger partial charge in [0.05, 0.1) is 5.69 Å². The van der Waals surface area contributed by atoms with Crippen LogP contribution in [-0.4, -0.2) is 30.6 Å². The Balaban J connectivity index is 2.18. The van der Waals surface area contributed by atoms with E-state index in [0.717, 1.165) is 16.8 Å². The van der Waals surface area contributed by atoms with E-state index in [9.17, 15) is 0 Å². The molecule has 0 bridgehead atoms. The molecule has 0 radical (unpaired) electrons. The molecule has 3 aromatic rings. The quantitative estimate of drug-likeness (QED) is 0.710. The van der Waals surface area contributed by atoms with Crippen molar-refractivity contribution in [3.8, 4) is 22.6 Å². The summed E-state index contributed by atoms with van der Waals surface area (Å²) in [5, 5.41) is 14.0. The number of hydrogen-bond acceptors (Lipinski definition) is 5. The highest BCUT2D eigenvalue weighted by Crippen LogP contribution is 2.27. The number of nitrogens with one attached hydrogen (secondary N) is 1. The largest absolute Gasteiger partial charge is 0.245 e. The molecule has 0 unspecified atom stereocenters. The maximum absolute atomic E-state index is 4.22. The molecule has 6 heteroatoms. The van der Waals surface area contributed by atoms with Gasteiger partial charge in [-0.1, -0.05) is 24.3 Å². The van der Waals surface area contributed by atoms with Gasteiger partial charge >= 0.3 is 0 Å². The van der Waals surface area contributed by atoms with E-state index in [2.05, 4.69) is 30.6 Å². The van der Waals surface area contributed by atoms with Gasteiger partial charge in [-0.15, -0.1) is 10.2 Å². The van der Waals surface area contributed by atoms with Gasteiger partial charge in [0.2, 0.25) is 5.82 Å². The monoisotopic (exact) mass is 224 g/mol. The minimum Gasteiger partial charge on any atom is -0.245 e. The third-order valence-electron chi connectivity index (χ3n) is 2.37. The summed E-state index contributed by atoms with van der Waals surface area (Å²) in [6.45, 7) is 0. The highest BCUT2D eigenvalue weighted by molar-refractivity contribution is 5.77. The van der Waals surface area contributed by atoms with Gasteiger partial charge in [0.1, 0.15) is 6.33 Å². The van der Waals surface area contributed by atoms with E-state index in [0.29, 0.717) is 5.82 Å². The summed E-state index contributed by atoms with van der Waals surface area (Å²) in [7, 11) is 0. The number of H-pyrrole nitrogens is 1. The van der Waals surface area contributed by atoms with Crippen LogP contribution in [0, 0.1) is 0 Å². The Morgan fingerprint density at radius 2 is 1.88 bits per heavy atom. The van der Waals surface area contributed by atoms with Crippen molar-refractivity contribution in [3.63, 3.8) is 0 Å². The zero-order valence-corrected chi connectivity index (χ0v) is 8.78. The molecule has 0 amide bonds. The summed E-state index contributed by atoms with van der Waals surface area (Å²) < 4.78 is 0. The molecule has 2 heterocycles. The first-order chi connectivity index (χ1) is 8.45. The van der Waals surface area contributed by atoms with Crippen molar-refractivity contribution in [2.45, 2.75) is 0 Å². The molecule has 0 atom stereocenters. The fraction of sp³-hybridized carbons (Fsp3) is 0. The molecule has 0 aliphatic carbocycles. The van der Waals surface area contributed by atoms with Crippen molar-refractivity contribution < 1.29 is 0 Å². The zero-order chi connectivity index (χ0) is 11.5. The smallest absolute Gasteiger partial charge is 0.205 e. The molecule has 1 N–H and O–H groups in total. The van der Waals surface area contributed by atoms with Crippen LogP contribution in [-0.2, 0) is 0 Å². The third kappa shape index (κ3) is 1.76. The van der Waals surface area contributed by atoms with E-state index in [1.807, 2.05) is 30.3 Å².